The third-order valence-corrected chi connectivity index (χ3v) is 3.45. The van der Waals surface area contributed by atoms with Gasteiger partial charge in [0.1, 0.15) is 6.26 Å². The third kappa shape index (κ3) is 3.00. The molecule has 0 aliphatic carbocycles. The Labute approximate surface area is 86.7 Å². The van der Waals surface area contributed by atoms with Gasteiger partial charge in [-0.15, -0.1) is 0 Å². The van der Waals surface area contributed by atoms with E-state index in [0.717, 1.165) is 0 Å². The Morgan fingerprint density at radius 1 is 1.21 bits per heavy atom. The van der Waals surface area contributed by atoms with E-state index in [1.807, 2.05) is 24.5 Å². The monoisotopic (exact) mass is 209 g/mol. The first kappa shape index (κ1) is 11.0. The van der Waals surface area contributed by atoms with Crippen LogP contribution >= 0.6 is 0 Å². The molecule has 0 saturated heterocycles. The summed E-state index contributed by atoms with van der Waals surface area (Å²) in [7, 11) is -0.484. The predicted octanol–water partition coefficient (Wildman–Crippen LogP) is 1.66. The minimum atomic E-state index is -0.484. The number of benzene rings is 1. The van der Waals surface area contributed by atoms with E-state index in [1.54, 1.807) is 12.1 Å². The molecule has 0 radical (unpaired) electrons. The zero-order valence-corrected chi connectivity index (χ0v) is 9.14. The van der Waals surface area contributed by atoms with Crippen LogP contribution in [0.1, 0.15) is 17.3 Å². The van der Waals surface area contributed by atoms with Gasteiger partial charge in [-0.25, -0.2) is 4.79 Å². The fraction of sp³-hybridized carbons (Fsp3) is 0.273. The maximum absolute atomic E-state index is 11.7. The first-order chi connectivity index (χ1) is 6.61. The smallest absolute Gasteiger partial charge is 0.295 e. The number of carbonyl (C=O) groups is 2. The van der Waals surface area contributed by atoms with Crippen molar-refractivity contribution >= 4 is 21.8 Å². The number of rotatable bonds is 3. The van der Waals surface area contributed by atoms with Crippen LogP contribution in [-0.2, 0) is 15.7 Å². The molecule has 0 spiro atoms. The van der Waals surface area contributed by atoms with Crippen molar-refractivity contribution in [3.05, 3.63) is 35.9 Å². The van der Waals surface area contributed by atoms with E-state index in [4.69, 9.17) is 0 Å². The Morgan fingerprint density at radius 2 is 1.79 bits per heavy atom. The number of Topliss-reactive ketones (excluding diaryl/α,β-unsaturated/α-hetero) is 1. The molecule has 0 saturated carbocycles. The maximum atomic E-state index is 11.7. The highest BCUT2D eigenvalue weighted by Gasteiger charge is 2.26. The Bertz CT molecular complexity index is 332. The zero-order chi connectivity index (χ0) is 10.6. The van der Waals surface area contributed by atoms with Gasteiger partial charge in [-0.1, -0.05) is 18.2 Å². The van der Waals surface area contributed by atoms with Gasteiger partial charge in [0.25, 0.3) is 0 Å². The van der Waals surface area contributed by atoms with Crippen molar-refractivity contribution in [1.82, 2.24) is 0 Å². The molecule has 74 valence electrons. The second-order valence-corrected chi connectivity index (χ2v) is 5.07. The minimum absolute atomic E-state index is 0.0696. The summed E-state index contributed by atoms with van der Waals surface area (Å²) < 4.78 is 0. The molecule has 3 heteroatoms. The lowest BCUT2D eigenvalue weighted by molar-refractivity contribution is -0.114. The molecule has 1 rings (SSSR count). The second kappa shape index (κ2) is 4.96. The largest absolute Gasteiger partial charge is 0.362 e. The summed E-state index contributed by atoms with van der Waals surface area (Å²) in [5, 5.41) is 0.0702. The lowest BCUT2D eigenvalue weighted by atomic mass is 10.2. The summed E-state index contributed by atoms with van der Waals surface area (Å²) in [6, 6.07) is 9.10. The van der Waals surface area contributed by atoms with Gasteiger partial charge in [0.2, 0.25) is 0 Å². The van der Waals surface area contributed by atoms with Crippen molar-refractivity contribution < 1.29 is 9.59 Å². The summed E-state index contributed by atoms with van der Waals surface area (Å²) in [5.41, 5.74) is 0.694. The van der Waals surface area contributed by atoms with Gasteiger partial charge in [0.15, 0.2) is 11.5 Å². The first-order valence-electron chi connectivity index (χ1n) is 4.32. The van der Waals surface area contributed by atoms with Crippen molar-refractivity contribution in [3.8, 4) is 0 Å². The summed E-state index contributed by atoms with van der Waals surface area (Å²) in [5.74, 6) is 0.424. The Balaban J connectivity index is 2.71. The molecule has 0 bridgehead atoms. The quantitative estimate of drug-likeness (QED) is 0.709. The van der Waals surface area contributed by atoms with Crippen molar-refractivity contribution in [2.75, 3.05) is 12.0 Å². The molecule has 0 fully saturated rings. The van der Waals surface area contributed by atoms with E-state index in [2.05, 4.69) is 0 Å². The molecule has 0 heterocycles. The molecule has 1 aromatic carbocycles. The third-order valence-electron chi connectivity index (χ3n) is 1.75. The average molecular weight is 209 g/mol. The lowest BCUT2D eigenvalue weighted by Crippen LogP contribution is -2.21. The van der Waals surface area contributed by atoms with Crippen LogP contribution in [0.2, 0.25) is 0 Å². The molecule has 1 atom stereocenters. The number of ketones is 1. The summed E-state index contributed by atoms with van der Waals surface area (Å²) in [6.45, 7) is 1.52. The molecular weight excluding hydrogens is 196 g/mol. The van der Waals surface area contributed by atoms with E-state index < -0.39 is 10.9 Å². The van der Waals surface area contributed by atoms with Gasteiger partial charge in [0, 0.05) is 0 Å². The molecule has 0 N–H and O–H groups in total. The van der Waals surface area contributed by atoms with Crippen LogP contribution in [0.15, 0.2) is 30.3 Å². The standard InChI is InChI=1S/C11H13O2S/c1-9(12)8-14(2)11(13)10-6-4-3-5-7-10/h3-7H,8H2,1-2H3/q+1. The SMILES string of the molecule is CC(=O)C[S+](C)C(=O)c1ccccc1. The number of carbonyl (C=O) groups excluding carboxylic acids is 2. The fourth-order valence-electron chi connectivity index (χ4n) is 1.15. The molecule has 2 nitrogen and oxygen atoms in total. The van der Waals surface area contributed by atoms with Gasteiger partial charge in [-0.2, -0.15) is 0 Å². The van der Waals surface area contributed by atoms with Crippen LogP contribution in [0.5, 0.6) is 0 Å². The zero-order valence-electron chi connectivity index (χ0n) is 8.32. The van der Waals surface area contributed by atoms with Crippen molar-refractivity contribution in [2.45, 2.75) is 6.92 Å². The second-order valence-electron chi connectivity index (χ2n) is 3.14. The molecule has 1 aromatic rings. The first-order valence-corrected chi connectivity index (χ1v) is 6.13. The van der Waals surface area contributed by atoms with Crippen molar-refractivity contribution in [1.29, 1.82) is 0 Å². The minimum Gasteiger partial charge on any atom is -0.295 e. The maximum Gasteiger partial charge on any atom is 0.362 e. The van der Waals surface area contributed by atoms with Crippen LogP contribution in [0.3, 0.4) is 0 Å². The molecule has 14 heavy (non-hydrogen) atoms. The van der Waals surface area contributed by atoms with Gasteiger partial charge in [-0.3, -0.25) is 4.79 Å². The van der Waals surface area contributed by atoms with Crippen molar-refractivity contribution in [3.63, 3.8) is 0 Å². The highest BCUT2D eigenvalue weighted by atomic mass is 32.2. The molecular formula is C11H13O2S+. The topological polar surface area (TPSA) is 34.1 Å². The van der Waals surface area contributed by atoms with Crippen LogP contribution in [0.4, 0.5) is 0 Å². The van der Waals surface area contributed by atoms with Crippen LogP contribution in [0, 0.1) is 0 Å². The fourth-order valence-corrected chi connectivity index (χ4v) is 2.43. The van der Waals surface area contributed by atoms with Gasteiger partial charge in [-0.05, 0) is 19.1 Å². The van der Waals surface area contributed by atoms with Gasteiger partial charge >= 0.3 is 5.12 Å². The number of hydrogen-bond donors (Lipinski definition) is 0. The Hall–Kier alpha value is -1.09. The Kier molecular flexibility index (Phi) is 3.89. The summed E-state index contributed by atoms with van der Waals surface area (Å²) >= 11 is 0. The predicted molar refractivity (Wildman–Crippen MR) is 59.6 cm³/mol. The molecule has 0 aliphatic heterocycles. The molecule has 0 amide bonds. The van der Waals surface area contributed by atoms with Gasteiger partial charge in [0.05, 0.1) is 16.5 Å². The van der Waals surface area contributed by atoms with Crippen LogP contribution in [-0.4, -0.2) is 22.9 Å². The van der Waals surface area contributed by atoms with E-state index in [1.165, 1.54) is 6.92 Å². The highest BCUT2D eigenvalue weighted by Crippen LogP contribution is 2.06. The van der Waals surface area contributed by atoms with E-state index in [9.17, 15) is 9.59 Å². The van der Waals surface area contributed by atoms with E-state index in [-0.39, 0.29) is 10.9 Å². The molecule has 0 aliphatic rings. The molecule has 0 aromatic heterocycles. The normalized spacial score (nSPS) is 12.1. The molecule has 1 unspecified atom stereocenters. The summed E-state index contributed by atoms with van der Waals surface area (Å²) in [4.78, 5) is 22.6. The summed E-state index contributed by atoms with van der Waals surface area (Å²) in [6.07, 6.45) is 1.82. The van der Waals surface area contributed by atoms with Crippen LogP contribution < -0.4 is 0 Å². The van der Waals surface area contributed by atoms with Crippen molar-refractivity contribution in [2.24, 2.45) is 0 Å². The average Bonchev–Trinajstić information content (AvgIpc) is 2.17. The van der Waals surface area contributed by atoms with Crippen LogP contribution in [0.25, 0.3) is 0 Å². The Morgan fingerprint density at radius 3 is 2.29 bits per heavy atom. The van der Waals surface area contributed by atoms with E-state index >= 15 is 0 Å². The van der Waals surface area contributed by atoms with E-state index in [0.29, 0.717) is 11.3 Å². The number of hydrogen-bond acceptors (Lipinski definition) is 2. The highest BCUT2D eigenvalue weighted by molar-refractivity contribution is 8.11. The lowest BCUT2D eigenvalue weighted by Gasteiger charge is -1.98. The van der Waals surface area contributed by atoms with Gasteiger partial charge < -0.3 is 0 Å².